The normalized spacial score (nSPS) is 32.2. The van der Waals surface area contributed by atoms with Gasteiger partial charge >= 0.3 is 0 Å². The van der Waals surface area contributed by atoms with Crippen LogP contribution in [0.5, 0.6) is 0 Å². The van der Waals surface area contributed by atoms with E-state index in [1.165, 1.54) is 37.2 Å². The monoisotopic (exact) mass is 336 g/mol. The van der Waals surface area contributed by atoms with Gasteiger partial charge in [-0.05, 0) is 32.1 Å². The van der Waals surface area contributed by atoms with Gasteiger partial charge in [-0.1, -0.05) is 12.8 Å². The Morgan fingerprint density at radius 3 is 2.83 bits per heavy atom. The molecule has 23 heavy (non-hydrogen) atoms. The summed E-state index contributed by atoms with van der Waals surface area (Å²) in [6, 6.07) is 0.220. The van der Waals surface area contributed by atoms with Gasteiger partial charge in [-0.25, -0.2) is 4.98 Å². The van der Waals surface area contributed by atoms with Crippen LogP contribution in [0.1, 0.15) is 63.1 Å². The van der Waals surface area contributed by atoms with Crippen molar-refractivity contribution >= 4 is 22.6 Å². The van der Waals surface area contributed by atoms with Crippen LogP contribution in [0.25, 0.3) is 0 Å². The largest absolute Gasteiger partial charge is 0.376 e. The van der Waals surface area contributed by atoms with Gasteiger partial charge in [0.25, 0.3) is 0 Å². The first kappa shape index (κ1) is 15.3. The average Bonchev–Trinajstić information content (AvgIpc) is 3.31. The Hall–Kier alpha value is -1.21. The van der Waals surface area contributed by atoms with Crippen LogP contribution in [0.3, 0.4) is 0 Å². The van der Waals surface area contributed by atoms with Crippen LogP contribution in [0.4, 0.5) is 5.13 Å². The molecule has 1 aliphatic carbocycles. The molecule has 1 amide bonds. The minimum atomic E-state index is 0.0394. The van der Waals surface area contributed by atoms with E-state index >= 15 is 0 Å². The highest BCUT2D eigenvalue weighted by atomic mass is 32.1. The Bertz CT molecular complexity index is 552. The van der Waals surface area contributed by atoms with Crippen molar-refractivity contribution in [1.29, 1.82) is 0 Å². The van der Waals surface area contributed by atoms with E-state index in [1.54, 1.807) is 0 Å². The molecule has 126 valence electrons. The molecule has 6 nitrogen and oxygen atoms in total. The van der Waals surface area contributed by atoms with Crippen molar-refractivity contribution in [3.8, 4) is 0 Å². The maximum atomic E-state index is 11.8. The van der Waals surface area contributed by atoms with Crippen LogP contribution in [-0.4, -0.2) is 40.1 Å². The fraction of sp³-hybridized carbons (Fsp3) is 0.812. The van der Waals surface area contributed by atoms with Gasteiger partial charge in [0.2, 0.25) is 11.0 Å². The third kappa shape index (κ3) is 3.35. The molecule has 1 aromatic rings. The van der Waals surface area contributed by atoms with E-state index in [2.05, 4.69) is 15.0 Å². The first-order valence-electron chi connectivity index (χ1n) is 8.81. The fourth-order valence-electron chi connectivity index (χ4n) is 4.03. The molecule has 3 aliphatic rings. The molecule has 0 aromatic carbocycles. The molecule has 2 N–H and O–H groups in total. The van der Waals surface area contributed by atoms with E-state index in [9.17, 15) is 4.79 Å². The summed E-state index contributed by atoms with van der Waals surface area (Å²) in [6.45, 7) is 0.800. The highest BCUT2D eigenvalue weighted by molar-refractivity contribution is 7.09. The number of piperidine rings is 1. The minimum Gasteiger partial charge on any atom is -0.376 e. The number of nitrogens with one attached hydrogen (secondary N) is 2. The van der Waals surface area contributed by atoms with E-state index < -0.39 is 0 Å². The molecule has 4 rings (SSSR count). The molecule has 0 radical (unpaired) electrons. The van der Waals surface area contributed by atoms with Gasteiger partial charge in [-0.15, -0.1) is 0 Å². The van der Waals surface area contributed by atoms with E-state index in [0.717, 1.165) is 36.8 Å². The fourth-order valence-corrected chi connectivity index (χ4v) is 4.73. The van der Waals surface area contributed by atoms with Crippen molar-refractivity contribution in [2.45, 2.75) is 75.5 Å². The maximum Gasteiger partial charge on any atom is 0.220 e. The number of carbonyl (C=O) groups excluding carboxylic acids is 1. The molecule has 3 fully saturated rings. The van der Waals surface area contributed by atoms with Gasteiger partial charge in [-0.3, -0.25) is 4.79 Å². The Labute approximate surface area is 140 Å². The zero-order valence-electron chi connectivity index (χ0n) is 13.3. The molecule has 2 saturated heterocycles. The van der Waals surface area contributed by atoms with E-state index in [4.69, 9.17) is 9.72 Å². The zero-order valence-corrected chi connectivity index (χ0v) is 14.1. The molecule has 0 bridgehead atoms. The number of hydrogen-bond donors (Lipinski definition) is 2. The van der Waals surface area contributed by atoms with Crippen molar-refractivity contribution in [1.82, 2.24) is 14.7 Å². The number of nitrogens with zero attached hydrogens (tertiary/aromatic N) is 2. The predicted octanol–water partition coefficient (Wildman–Crippen LogP) is 2.43. The zero-order chi connectivity index (χ0) is 15.6. The lowest BCUT2D eigenvalue weighted by atomic mass is 9.92. The molecular weight excluding hydrogens is 312 g/mol. The molecule has 2 aliphatic heterocycles. The SMILES string of the molecule is O=C1CC[C@H](Nc2nc(C3CCCC3)ns2)[C@@H]([C@@H]2CCCO2)N1. The van der Waals surface area contributed by atoms with Gasteiger partial charge in [0.05, 0.1) is 18.2 Å². The van der Waals surface area contributed by atoms with Crippen molar-refractivity contribution in [3.05, 3.63) is 5.82 Å². The Balaban J connectivity index is 1.44. The number of rotatable bonds is 4. The quantitative estimate of drug-likeness (QED) is 0.883. The summed E-state index contributed by atoms with van der Waals surface area (Å²) in [7, 11) is 0. The molecule has 1 saturated carbocycles. The summed E-state index contributed by atoms with van der Waals surface area (Å²) >= 11 is 1.45. The number of aromatic nitrogens is 2. The standard InChI is InChI=1S/C16H24N4O2S/c21-13-8-7-11(14(18-13)12-6-3-9-22-12)17-16-19-15(20-23-16)10-4-1-2-5-10/h10-12,14H,1-9H2,(H,18,21)(H,17,19,20)/t11-,12-,14-/m0/s1. The summed E-state index contributed by atoms with van der Waals surface area (Å²) < 4.78 is 10.4. The molecule has 0 unspecified atom stereocenters. The van der Waals surface area contributed by atoms with Crippen LogP contribution in [0, 0.1) is 0 Å². The second kappa shape index (κ2) is 6.73. The second-order valence-electron chi connectivity index (χ2n) is 6.87. The van der Waals surface area contributed by atoms with Crippen LogP contribution in [0.15, 0.2) is 0 Å². The van der Waals surface area contributed by atoms with Crippen molar-refractivity contribution in [2.75, 3.05) is 11.9 Å². The van der Waals surface area contributed by atoms with E-state index in [-0.39, 0.29) is 24.1 Å². The maximum absolute atomic E-state index is 11.8. The number of carbonyl (C=O) groups is 1. The van der Waals surface area contributed by atoms with Crippen molar-refractivity contribution < 1.29 is 9.53 Å². The summed E-state index contributed by atoms with van der Waals surface area (Å²) in [5, 5.41) is 7.53. The highest BCUT2D eigenvalue weighted by Crippen LogP contribution is 2.34. The number of ether oxygens (including phenoxy) is 1. The first-order valence-corrected chi connectivity index (χ1v) is 9.58. The Kier molecular flexibility index (Phi) is 4.48. The van der Waals surface area contributed by atoms with Gasteiger partial charge in [0, 0.05) is 30.5 Å². The first-order chi connectivity index (χ1) is 11.3. The van der Waals surface area contributed by atoms with Gasteiger partial charge < -0.3 is 15.4 Å². The molecule has 1 aromatic heterocycles. The van der Waals surface area contributed by atoms with Crippen LogP contribution < -0.4 is 10.6 Å². The molecule has 3 atom stereocenters. The second-order valence-corrected chi connectivity index (χ2v) is 7.63. The summed E-state index contributed by atoms with van der Waals surface area (Å²) in [5.74, 6) is 1.68. The van der Waals surface area contributed by atoms with E-state index in [1.807, 2.05) is 0 Å². The third-order valence-corrected chi connectivity index (χ3v) is 5.94. The number of amides is 1. The van der Waals surface area contributed by atoms with Crippen molar-refractivity contribution in [2.24, 2.45) is 0 Å². The molecule has 7 heteroatoms. The average molecular weight is 336 g/mol. The van der Waals surface area contributed by atoms with Crippen LogP contribution >= 0.6 is 11.5 Å². The minimum absolute atomic E-state index is 0.0394. The van der Waals surface area contributed by atoms with Gasteiger partial charge in [0.1, 0.15) is 5.82 Å². The summed E-state index contributed by atoms with van der Waals surface area (Å²) in [6.07, 6.45) is 8.64. The third-order valence-electron chi connectivity index (χ3n) is 5.28. The molecule has 0 spiro atoms. The summed E-state index contributed by atoms with van der Waals surface area (Å²) in [4.78, 5) is 16.5. The van der Waals surface area contributed by atoms with E-state index in [0.29, 0.717) is 12.3 Å². The highest BCUT2D eigenvalue weighted by Gasteiger charge is 2.37. The lowest BCUT2D eigenvalue weighted by Gasteiger charge is -2.35. The molecular formula is C16H24N4O2S. The van der Waals surface area contributed by atoms with Crippen LogP contribution in [-0.2, 0) is 9.53 Å². The van der Waals surface area contributed by atoms with Crippen molar-refractivity contribution in [3.63, 3.8) is 0 Å². The Morgan fingerprint density at radius 2 is 2.04 bits per heavy atom. The van der Waals surface area contributed by atoms with Gasteiger partial charge in [0.15, 0.2) is 0 Å². The summed E-state index contributed by atoms with van der Waals surface area (Å²) in [5.41, 5.74) is 0. The Morgan fingerprint density at radius 1 is 1.17 bits per heavy atom. The topological polar surface area (TPSA) is 76.1 Å². The lowest BCUT2D eigenvalue weighted by molar-refractivity contribution is -0.124. The number of hydrogen-bond acceptors (Lipinski definition) is 6. The smallest absolute Gasteiger partial charge is 0.220 e. The van der Waals surface area contributed by atoms with Crippen LogP contribution in [0.2, 0.25) is 0 Å². The molecule has 3 heterocycles. The van der Waals surface area contributed by atoms with Gasteiger partial charge in [-0.2, -0.15) is 4.37 Å². The lowest BCUT2D eigenvalue weighted by Crippen LogP contribution is -2.56. The number of anilines is 1. The predicted molar refractivity (Wildman–Crippen MR) is 88.7 cm³/mol.